The second-order valence-electron chi connectivity index (χ2n) is 11.3. The summed E-state index contributed by atoms with van der Waals surface area (Å²) in [5.74, 6) is 1.43. The summed E-state index contributed by atoms with van der Waals surface area (Å²) in [6, 6.07) is 19.1. The highest BCUT2D eigenvalue weighted by atomic mass is 32.2. The van der Waals surface area contributed by atoms with Gasteiger partial charge in [0.25, 0.3) is 0 Å². The number of nitrogens with one attached hydrogen (secondary N) is 1. The smallest absolute Gasteiger partial charge is 0.406 e. The van der Waals surface area contributed by atoms with E-state index in [4.69, 9.17) is 0 Å². The molecule has 12 heteroatoms. The van der Waals surface area contributed by atoms with Crippen LogP contribution in [0.1, 0.15) is 49.8 Å². The van der Waals surface area contributed by atoms with Crippen molar-refractivity contribution in [1.29, 1.82) is 0 Å². The Kier molecular flexibility index (Phi) is 9.81. The van der Waals surface area contributed by atoms with Gasteiger partial charge in [-0.25, -0.2) is 14.5 Å². The molecule has 0 bridgehead atoms. The number of aliphatic imine (C=N–C) groups is 1. The van der Waals surface area contributed by atoms with Gasteiger partial charge >= 0.3 is 12.4 Å². The summed E-state index contributed by atoms with van der Waals surface area (Å²) in [6.07, 6.45) is -1.62. The molecule has 0 aliphatic carbocycles. The number of thioether (sulfide) groups is 1. The molecular weight excluding hydrogens is 601 g/mol. The normalized spacial score (nSPS) is 15.4. The van der Waals surface area contributed by atoms with E-state index >= 15 is 0 Å². The maximum Gasteiger partial charge on any atom is 0.573 e. The van der Waals surface area contributed by atoms with E-state index in [1.807, 2.05) is 31.2 Å². The minimum Gasteiger partial charge on any atom is -0.406 e. The van der Waals surface area contributed by atoms with Gasteiger partial charge in [-0.1, -0.05) is 62.0 Å². The molecule has 0 radical (unpaired) electrons. The summed E-state index contributed by atoms with van der Waals surface area (Å²) < 4.78 is 42.7. The Morgan fingerprint density at radius 3 is 2.49 bits per heavy atom. The summed E-state index contributed by atoms with van der Waals surface area (Å²) in [4.78, 5) is 24.0. The molecule has 1 saturated heterocycles. The molecule has 8 nitrogen and oxygen atoms in total. The quantitative estimate of drug-likeness (QED) is 0.212. The van der Waals surface area contributed by atoms with Crippen molar-refractivity contribution in [2.24, 2.45) is 4.99 Å². The van der Waals surface area contributed by atoms with Crippen LogP contribution < -0.4 is 15.0 Å². The molecule has 45 heavy (non-hydrogen) atoms. The molecule has 2 heterocycles. The van der Waals surface area contributed by atoms with Crippen molar-refractivity contribution in [3.05, 3.63) is 89.7 Å². The molecule has 0 spiro atoms. The van der Waals surface area contributed by atoms with Crippen LogP contribution in [0.5, 0.6) is 5.75 Å². The summed E-state index contributed by atoms with van der Waals surface area (Å²) >= 11 is 1.61. The monoisotopic (exact) mass is 636 g/mol. The first-order chi connectivity index (χ1) is 21.4. The fraction of sp³-hybridized carbons (Fsp3) is 0.333. The molecule has 1 N–H and O–H groups in total. The van der Waals surface area contributed by atoms with Crippen molar-refractivity contribution >= 4 is 28.6 Å². The number of benzene rings is 3. The fourth-order valence-electron chi connectivity index (χ4n) is 5.10. The first-order valence-corrected chi connectivity index (χ1v) is 15.7. The van der Waals surface area contributed by atoms with E-state index in [1.54, 1.807) is 11.8 Å². The van der Waals surface area contributed by atoms with Crippen molar-refractivity contribution in [3.8, 4) is 22.8 Å². The SMILES string of the molecule is Cc1ccc(C(C)C)c(N2CCCSC2=NC(=O)NC(C)Cc2ccc(-c3ncn(-c4ccc(OC(F)(F)F)cc4)n3)cc2)c1. The summed E-state index contributed by atoms with van der Waals surface area (Å²) in [7, 11) is 0. The van der Waals surface area contributed by atoms with E-state index in [0.29, 0.717) is 23.9 Å². The van der Waals surface area contributed by atoms with Crippen LogP contribution in [0.15, 0.2) is 78.0 Å². The van der Waals surface area contributed by atoms with Crippen LogP contribution in [0.3, 0.4) is 0 Å². The van der Waals surface area contributed by atoms with Gasteiger partial charge in [-0.05, 0) is 79.6 Å². The zero-order chi connectivity index (χ0) is 32.1. The first-order valence-electron chi connectivity index (χ1n) is 14.7. The van der Waals surface area contributed by atoms with Gasteiger partial charge in [0.05, 0.1) is 5.69 Å². The molecule has 1 aromatic heterocycles. The number of aromatic nitrogens is 3. The third kappa shape index (κ3) is 8.44. The van der Waals surface area contributed by atoms with Gasteiger partial charge in [-0.2, -0.15) is 4.99 Å². The lowest BCUT2D eigenvalue weighted by molar-refractivity contribution is -0.274. The zero-order valence-electron chi connectivity index (χ0n) is 25.5. The molecule has 5 rings (SSSR count). The molecule has 1 atom stereocenters. The number of urea groups is 1. The van der Waals surface area contributed by atoms with Crippen molar-refractivity contribution in [1.82, 2.24) is 20.1 Å². The highest BCUT2D eigenvalue weighted by Crippen LogP contribution is 2.33. The molecule has 2 amide bonds. The lowest BCUT2D eigenvalue weighted by Gasteiger charge is -2.32. The Balaban J connectivity index is 1.20. The molecule has 0 saturated carbocycles. The Morgan fingerprint density at radius 2 is 1.80 bits per heavy atom. The van der Waals surface area contributed by atoms with Crippen LogP contribution in [0, 0.1) is 6.92 Å². The van der Waals surface area contributed by atoms with Gasteiger partial charge in [0.15, 0.2) is 11.0 Å². The number of halogens is 3. The number of aryl methyl sites for hydroxylation is 1. The molecule has 1 aliphatic heterocycles. The van der Waals surface area contributed by atoms with E-state index in [9.17, 15) is 18.0 Å². The predicted octanol–water partition coefficient (Wildman–Crippen LogP) is 7.90. The number of amidine groups is 1. The average molecular weight is 637 g/mol. The molecule has 4 aromatic rings. The van der Waals surface area contributed by atoms with Gasteiger partial charge in [-0.15, -0.1) is 18.3 Å². The highest BCUT2D eigenvalue weighted by Gasteiger charge is 2.31. The lowest BCUT2D eigenvalue weighted by Crippen LogP contribution is -2.38. The largest absolute Gasteiger partial charge is 0.573 e. The minimum atomic E-state index is -4.75. The van der Waals surface area contributed by atoms with Crippen molar-refractivity contribution < 1.29 is 22.7 Å². The lowest BCUT2D eigenvalue weighted by atomic mass is 9.98. The number of carbonyl (C=O) groups is 1. The number of amides is 2. The maximum atomic E-state index is 13.0. The van der Waals surface area contributed by atoms with Gasteiger partial charge in [0, 0.05) is 29.6 Å². The number of rotatable bonds is 8. The Labute approximate surface area is 264 Å². The highest BCUT2D eigenvalue weighted by molar-refractivity contribution is 8.14. The Morgan fingerprint density at radius 1 is 1.07 bits per heavy atom. The zero-order valence-corrected chi connectivity index (χ0v) is 26.3. The van der Waals surface area contributed by atoms with E-state index in [1.165, 1.54) is 46.4 Å². The number of hydrogen-bond acceptors (Lipinski definition) is 5. The van der Waals surface area contributed by atoms with E-state index in [2.05, 4.69) is 69.0 Å². The molecule has 1 aliphatic rings. The van der Waals surface area contributed by atoms with Gasteiger partial charge < -0.3 is 15.0 Å². The van der Waals surface area contributed by atoms with E-state index < -0.39 is 6.36 Å². The number of ether oxygens (including phenoxy) is 1. The van der Waals surface area contributed by atoms with Crippen LogP contribution in [-0.4, -0.2) is 50.7 Å². The van der Waals surface area contributed by atoms with Crippen molar-refractivity contribution in [2.75, 3.05) is 17.2 Å². The van der Waals surface area contributed by atoms with Crippen LogP contribution in [0.25, 0.3) is 17.1 Å². The van der Waals surface area contributed by atoms with Gasteiger partial charge in [-0.3, -0.25) is 0 Å². The molecule has 1 fully saturated rings. The summed E-state index contributed by atoms with van der Waals surface area (Å²) in [5.41, 5.74) is 5.87. The minimum absolute atomic E-state index is 0.151. The second-order valence-corrected chi connectivity index (χ2v) is 12.3. The maximum absolute atomic E-state index is 13.0. The number of nitrogens with zero attached hydrogens (tertiary/aromatic N) is 5. The number of alkyl halides is 3. The van der Waals surface area contributed by atoms with Crippen LogP contribution in [0.4, 0.5) is 23.7 Å². The summed E-state index contributed by atoms with van der Waals surface area (Å²) in [5, 5.41) is 8.19. The topological polar surface area (TPSA) is 84.6 Å². The number of hydrogen-bond donors (Lipinski definition) is 1. The van der Waals surface area contributed by atoms with Crippen LogP contribution in [-0.2, 0) is 6.42 Å². The number of carbonyl (C=O) groups excluding carboxylic acids is 1. The molecular formula is C33H35F3N6O2S. The fourth-order valence-corrected chi connectivity index (χ4v) is 6.05. The summed E-state index contributed by atoms with van der Waals surface area (Å²) in [6.45, 7) is 9.20. The third-order valence-electron chi connectivity index (χ3n) is 7.23. The standard InChI is InChI=1S/C33H35F3N6O2S/c1-21(2)28-15-6-22(3)18-29(28)41-16-5-17-45-32(41)39-31(43)38-23(4)19-24-7-9-25(10-8-24)30-37-20-42(40-30)26-11-13-27(14-12-26)44-33(34,35)36/h6-15,18,20-21,23H,5,16-17,19H2,1-4H3,(H,38,43). The molecule has 1 unspecified atom stereocenters. The van der Waals surface area contributed by atoms with Crippen molar-refractivity contribution in [2.45, 2.75) is 58.9 Å². The average Bonchev–Trinajstić information content (AvgIpc) is 3.47. The second kappa shape index (κ2) is 13.8. The van der Waals surface area contributed by atoms with Gasteiger partial charge in [0.2, 0.25) is 0 Å². The van der Waals surface area contributed by atoms with E-state index in [-0.39, 0.29) is 17.8 Å². The first kappa shape index (κ1) is 32.1. The Hall–Kier alpha value is -4.32. The predicted molar refractivity (Wildman–Crippen MR) is 172 cm³/mol. The van der Waals surface area contributed by atoms with E-state index in [0.717, 1.165) is 40.7 Å². The molecule has 3 aromatic carbocycles. The molecule has 236 valence electrons. The van der Waals surface area contributed by atoms with Crippen molar-refractivity contribution in [3.63, 3.8) is 0 Å². The third-order valence-corrected chi connectivity index (χ3v) is 8.30. The Bertz CT molecular complexity index is 1650. The van der Waals surface area contributed by atoms with Crippen LogP contribution in [0.2, 0.25) is 0 Å². The van der Waals surface area contributed by atoms with Gasteiger partial charge in [0.1, 0.15) is 12.1 Å². The van der Waals surface area contributed by atoms with Crippen LogP contribution >= 0.6 is 11.8 Å². The number of anilines is 1.